The van der Waals surface area contributed by atoms with Gasteiger partial charge in [0.1, 0.15) is 27.4 Å². The summed E-state index contributed by atoms with van der Waals surface area (Å²) in [5.74, 6) is -1.95. The maximum Gasteiger partial charge on any atom is 0.408 e. The van der Waals surface area contributed by atoms with Crippen LogP contribution in [0.15, 0.2) is 27.5 Å². The van der Waals surface area contributed by atoms with Crippen LogP contribution in [0.25, 0.3) is 0 Å². The third kappa shape index (κ3) is 7.25. The molecule has 0 aliphatic heterocycles. The summed E-state index contributed by atoms with van der Waals surface area (Å²) in [5, 5.41) is 16.9. The number of nitriles is 1. The average Bonchev–Trinajstić information content (AvgIpc) is 2.51. The number of rotatable bonds is 5. The molecule has 0 aliphatic rings. The molecule has 10 heteroatoms. The van der Waals surface area contributed by atoms with Crippen LogP contribution in [0, 0.1) is 23.1 Å². The van der Waals surface area contributed by atoms with Gasteiger partial charge in [0.15, 0.2) is 0 Å². The van der Waals surface area contributed by atoms with E-state index < -0.39 is 44.3 Å². The first-order chi connectivity index (χ1) is 12.7. The molecule has 3 N–H and O–H groups in total. The topological polar surface area (TPSA) is 135 Å². The Hall–Kier alpha value is -2.51. The van der Waals surface area contributed by atoms with Crippen molar-refractivity contribution in [3.05, 3.63) is 29.6 Å². The molecule has 154 valence electrons. The van der Waals surface area contributed by atoms with Crippen LogP contribution in [0.4, 0.5) is 9.18 Å². The van der Waals surface area contributed by atoms with Crippen LogP contribution in [0.3, 0.4) is 0 Å². The van der Waals surface area contributed by atoms with Crippen LogP contribution in [-0.2, 0) is 19.4 Å². The number of halogens is 1. The molecule has 8 nitrogen and oxygen atoms in total. The van der Waals surface area contributed by atoms with Crippen molar-refractivity contribution in [3.8, 4) is 6.07 Å². The van der Waals surface area contributed by atoms with E-state index in [4.69, 9.17) is 15.1 Å². The van der Waals surface area contributed by atoms with Gasteiger partial charge >= 0.3 is 6.09 Å². The van der Waals surface area contributed by atoms with E-state index in [9.17, 15) is 18.2 Å². The molecule has 1 aromatic carbocycles. The van der Waals surface area contributed by atoms with Crippen molar-refractivity contribution in [3.63, 3.8) is 0 Å². The number of nitrogens with one attached hydrogen (secondary N) is 1. The smallest absolute Gasteiger partial charge is 0.408 e. The van der Waals surface area contributed by atoms with Crippen LogP contribution in [0.2, 0.25) is 0 Å². The highest BCUT2D eigenvalue weighted by Crippen LogP contribution is 2.18. The van der Waals surface area contributed by atoms with Crippen LogP contribution in [0.5, 0.6) is 0 Å². The second-order valence-corrected chi connectivity index (χ2v) is 9.34. The average molecular weight is 412 g/mol. The van der Waals surface area contributed by atoms with E-state index in [1.807, 2.05) is 13.8 Å². The van der Waals surface area contributed by atoms with E-state index in [1.54, 1.807) is 26.8 Å². The van der Waals surface area contributed by atoms with Gasteiger partial charge in [-0.1, -0.05) is 13.8 Å². The maximum atomic E-state index is 14.0. The van der Waals surface area contributed by atoms with Crippen molar-refractivity contribution >= 4 is 21.9 Å². The minimum absolute atomic E-state index is 0.0165. The largest absolute Gasteiger partial charge is 0.444 e. The number of nitrogens with two attached hydrogens (primary N) is 1. The number of hydrogen-bond donors (Lipinski definition) is 2. The Kier molecular flexibility index (Phi) is 7.66. The van der Waals surface area contributed by atoms with Crippen LogP contribution in [0.1, 0.15) is 46.6 Å². The molecule has 0 aromatic heterocycles. The first-order valence-corrected chi connectivity index (χ1v) is 10.1. The van der Waals surface area contributed by atoms with Crippen LogP contribution >= 0.6 is 0 Å². The normalized spacial score (nSPS) is 14.5. The molecule has 0 aliphatic carbocycles. The number of carbonyl (C=O) groups is 2. The predicted octanol–water partition coefficient (Wildman–Crippen LogP) is 2.86. The molecule has 0 bridgehead atoms. The first kappa shape index (κ1) is 23.5. The number of amides is 2. The van der Waals surface area contributed by atoms with Gasteiger partial charge in [-0.15, -0.1) is 4.36 Å². The molecule has 2 atom stereocenters. The number of alkyl carbamates (subject to hydrolysis) is 1. The fourth-order valence-corrected chi connectivity index (χ4v) is 3.32. The highest BCUT2D eigenvalue weighted by Gasteiger charge is 2.27. The van der Waals surface area contributed by atoms with Crippen molar-refractivity contribution in [2.24, 2.45) is 15.4 Å². The molecule has 0 heterocycles. The molecule has 0 saturated heterocycles. The van der Waals surface area contributed by atoms with Gasteiger partial charge in [0.25, 0.3) is 5.91 Å². The van der Waals surface area contributed by atoms with Crippen molar-refractivity contribution in [2.45, 2.75) is 57.6 Å². The zero-order valence-electron chi connectivity index (χ0n) is 16.5. The van der Waals surface area contributed by atoms with Gasteiger partial charge in [0.2, 0.25) is 0 Å². The molecule has 0 spiro atoms. The lowest BCUT2D eigenvalue weighted by atomic mass is 10.0. The molecule has 1 rings (SSSR count). The van der Waals surface area contributed by atoms with Crippen LogP contribution in [-0.4, -0.2) is 27.9 Å². The van der Waals surface area contributed by atoms with Gasteiger partial charge in [0.05, 0.1) is 16.5 Å². The standard InChI is InChI=1S/C18H25FN4O4S/c1-11(2)8-14(22-17(25)27-18(3,4)5)16(24)23-28(21,26)15-9-12(10-20)6-7-13(15)19/h6-7,9,11,14H,8H2,1-5H3,(H,22,25)(H2,21,23,24,26)/t14-,28?/m0/s1. The summed E-state index contributed by atoms with van der Waals surface area (Å²) in [7, 11) is -3.97. The number of carbonyl (C=O) groups excluding carboxylic acids is 2. The van der Waals surface area contributed by atoms with E-state index in [1.165, 1.54) is 6.07 Å². The molecule has 28 heavy (non-hydrogen) atoms. The Balaban J connectivity index is 3.23. The van der Waals surface area contributed by atoms with Gasteiger partial charge in [-0.05, 0) is 51.3 Å². The molecular weight excluding hydrogens is 387 g/mol. The predicted molar refractivity (Wildman–Crippen MR) is 102 cm³/mol. The third-order valence-electron chi connectivity index (χ3n) is 3.30. The summed E-state index contributed by atoms with van der Waals surface area (Å²) in [4.78, 5) is 24.0. The van der Waals surface area contributed by atoms with Crippen LogP contribution < -0.4 is 10.5 Å². The Bertz CT molecular complexity index is 909. The summed E-state index contributed by atoms with van der Waals surface area (Å²) in [6, 6.07) is 3.70. The lowest BCUT2D eigenvalue weighted by molar-refractivity contribution is -0.120. The second-order valence-electron chi connectivity index (χ2n) is 7.58. The SMILES string of the molecule is CC(C)C[C@H](NC(=O)OC(C)(C)C)C(=O)N=S(N)(=O)c1cc(C#N)ccc1F. The highest BCUT2D eigenvalue weighted by molar-refractivity contribution is 7.91. The molecule has 1 unspecified atom stereocenters. The molecule has 1 aromatic rings. The molecule has 0 fully saturated rings. The maximum absolute atomic E-state index is 14.0. The third-order valence-corrected chi connectivity index (χ3v) is 4.69. The lowest BCUT2D eigenvalue weighted by Gasteiger charge is -2.23. The molecule has 0 saturated carbocycles. The Labute approximate surface area is 164 Å². The van der Waals surface area contributed by atoms with E-state index in [0.717, 1.165) is 12.1 Å². The fraction of sp³-hybridized carbons (Fsp3) is 0.500. The number of ether oxygens (including phenoxy) is 1. The number of benzene rings is 1. The quantitative estimate of drug-likeness (QED) is 0.767. The van der Waals surface area contributed by atoms with Gasteiger partial charge in [-0.3, -0.25) is 4.79 Å². The van der Waals surface area contributed by atoms with Crippen molar-refractivity contribution in [1.82, 2.24) is 5.32 Å². The summed E-state index contributed by atoms with van der Waals surface area (Å²) < 4.78 is 35.3. The van der Waals surface area contributed by atoms with E-state index in [-0.39, 0.29) is 17.9 Å². The summed E-state index contributed by atoms with van der Waals surface area (Å²) in [6.07, 6.45) is -0.666. The zero-order chi connectivity index (χ0) is 21.7. The second kappa shape index (κ2) is 9.12. The Morgan fingerprint density at radius 3 is 2.50 bits per heavy atom. The fourth-order valence-electron chi connectivity index (χ4n) is 2.19. The lowest BCUT2D eigenvalue weighted by Crippen LogP contribution is -2.44. The minimum Gasteiger partial charge on any atom is -0.444 e. The van der Waals surface area contributed by atoms with Crippen molar-refractivity contribution in [2.75, 3.05) is 0 Å². The molecule has 2 amide bonds. The van der Waals surface area contributed by atoms with Crippen molar-refractivity contribution in [1.29, 1.82) is 5.26 Å². The van der Waals surface area contributed by atoms with Gasteiger partial charge < -0.3 is 10.1 Å². The van der Waals surface area contributed by atoms with E-state index in [2.05, 4.69) is 9.68 Å². The highest BCUT2D eigenvalue weighted by atomic mass is 32.2. The minimum atomic E-state index is -3.97. The summed E-state index contributed by atoms with van der Waals surface area (Å²) in [5.41, 5.74) is -0.766. The summed E-state index contributed by atoms with van der Waals surface area (Å²) >= 11 is 0. The number of hydrogen-bond acceptors (Lipinski definition) is 5. The molecular formula is C18H25FN4O4S. The van der Waals surface area contributed by atoms with E-state index >= 15 is 0 Å². The number of nitrogens with zero attached hydrogens (tertiary/aromatic N) is 2. The Morgan fingerprint density at radius 1 is 1.39 bits per heavy atom. The summed E-state index contributed by atoms with van der Waals surface area (Å²) in [6.45, 7) is 8.61. The van der Waals surface area contributed by atoms with Gasteiger partial charge in [0, 0.05) is 0 Å². The van der Waals surface area contributed by atoms with Gasteiger partial charge in [-0.2, -0.15) is 5.26 Å². The van der Waals surface area contributed by atoms with Crippen molar-refractivity contribution < 1.29 is 22.9 Å². The first-order valence-electron chi connectivity index (χ1n) is 8.53. The zero-order valence-corrected chi connectivity index (χ0v) is 17.3. The Morgan fingerprint density at radius 2 is 2.00 bits per heavy atom. The van der Waals surface area contributed by atoms with E-state index in [0.29, 0.717) is 0 Å². The molecule has 0 radical (unpaired) electrons. The van der Waals surface area contributed by atoms with Gasteiger partial charge in [-0.25, -0.2) is 18.5 Å². The monoisotopic (exact) mass is 412 g/mol.